The topological polar surface area (TPSA) is 64.5 Å². The van der Waals surface area contributed by atoms with Crippen molar-refractivity contribution in [2.45, 2.75) is 0 Å². The highest BCUT2D eigenvalue weighted by molar-refractivity contribution is 7.21. The minimum absolute atomic E-state index is 0.604. The van der Waals surface area contributed by atoms with E-state index in [2.05, 4.69) is 84.9 Å². The van der Waals surface area contributed by atoms with Gasteiger partial charge in [-0.1, -0.05) is 140 Å². The molecule has 0 aliphatic rings. The van der Waals surface area contributed by atoms with Gasteiger partial charge in [-0.05, 0) is 29.3 Å². The standard InChI is InChI=1S/C43H27N5S/c1-4-13-29(14-5-1)40-46-41(30-15-6-2-7-16-30)48-42(47-40)32-24-25-33(36(27-32)35-21-10-19-28-20-12-26-44-38(28)35)34-22-11-23-37-39(34)45-43(49-37)31-17-8-3-9-18-31/h1-27H. The maximum Gasteiger partial charge on any atom is 0.164 e. The molecule has 230 valence electrons. The van der Waals surface area contributed by atoms with E-state index in [-0.39, 0.29) is 0 Å². The molecule has 0 unspecified atom stereocenters. The lowest BCUT2D eigenvalue weighted by atomic mass is 9.91. The molecule has 6 aromatic carbocycles. The Balaban J connectivity index is 1.28. The highest BCUT2D eigenvalue weighted by Crippen LogP contribution is 2.42. The summed E-state index contributed by atoms with van der Waals surface area (Å²) in [5.74, 6) is 1.86. The van der Waals surface area contributed by atoms with E-state index in [1.165, 1.54) is 0 Å². The molecular weight excluding hydrogens is 619 g/mol. The molecule has 9 aromatic rings. The Labute approximate surface area is 287 Å². The van der Waals surface area contributed by atoms with Crippen LogP contribution in [0.3, 0.4) is 0 Å². The smallest absolute Gasteiger partial charge is 0.164 e. The molecule has 0 aliphatic carbocycles. The molecule has 0 saturated heterocycles. The van der Waals surface area contributed by atoms with E-state index in [1.807, 2.05) is 79.0 Å². The molecule has 0 amide bonds. The molecule has 0 fully saturated rings. The Hall–Kier alpha value is -6.37. The fourth-order valence-electron chi connectivity index (χ4n) is 6.27. The van der Waals surface area contributed by atoms with E-state index < -0.39 is 0 Å². The average molecular weight is 646 g/mol. The second-order valence-electron chi connectivity index (χ2n) is 11.7. The zero-order valence-corrected chi connectivity index (χ0v) is 27.0. The van der Waals surface area contributed by atoms with Crippen LogP contribution in [0.1, 0.15) is 0 Å². The molecule has 3 heterocycles. The van der Waals surface area contributed by atoms with Crippen molar-refractivity contribution in [1.82, 2.24) is 24.9 Å². The van der Waals surface area contributed by atoms with Gasteiger partial charge in [-0.15, -0.1) is 11.3 Å². The molecule has 0 spiro atoms. The molecule has 0 N–H and O–H groups in total. The van der Waals surface area contributed by atoms with E-state index in [4.69, 9.17) is 24.9 Å². The number of fused-ring (bicyclic) bond motifs is 2. The van der Waals surface area contributed by atoms with Crippen molar-refractivity contribution in [2.75, 3.05) is 0 Å². The van der Waals surface area contributed by atoms with Crippen LogP contribution in [-0.4, -0.2) is 24.9 Å². The Bertz CT molecular complexity index is 2540. The van der Waals surface area contributed by atoms with Crippen LogP contribution >= 0.6 is 11.3 Å². The van der Waals surface area contributed by atoms with E-state index >= 15 is 0 Å². The first-order valence-corrected chi connectivity index (χ1v) is 16.9. The number of hydrogen-bond donors (Lipinski definition) is 0. The number of para-hydroxylation sites is 2. The number of nitrogens with zero attached hydrogens (tertiary/aromatic N) is 5. The first-order valence-electron chi connectivity index (χ1n) is 16.1. The van der Waals surface area contributed by atoms with Crippen molar-refractivity contribution >= 4 is 32.5 Å². The van der Waals surface area contributed by atoms with Gasteiger partial charge < -0.3 is 0 Å². The first-order chi connectivity index (χ1) is 24.3. The summed E-state index contributed by atoms with van der Waals surface area (Å²) in [7, 11) is 0. The summed E-state index contributed by atoms with van der Waals surface area (Å²) >= 11 is 1.71. The van der Waals surface area contributed by atoms with Crippen molar-refractivity contribution < 1.29 is 0 Å². The van der Waals surface area contributed by atoms with Gasteiger partial charge >= 0.3 is 0 Å². The van der Waals surface area contributed by atoms with E-state index in [9.17, 15) is 0 Å². The second-order valence-corrected chi connectivity index (χ2v) is 12.7. The summed E-state index contributed by atoms with van der Waals surface area (Å²) in [4.78, 5) is 25.0. The van der Waals surface area contributed by atoms with Gasteiger partial charge in [0.25, 0.3) is 0 Å². The van der Waals surface area contributed by atoms with Gasteiger partial charge in [0.15, 0.2) is 17.5 Å². The van der Waals surface area contributed by atoms with Crippen LogP contribution in [0.2, 0.25) is 0 Å². The van der Waals surface area contributed by atoms with E-state index in [0.29, 0.717) is 17.5 Å². The zero-order valence-electron chi connectivity index (χ0n) is 26.2. The van der Waals surface area contributed by atoms with Crippen molar-refractivity contribution in [3.8, 4) is 67.0 Å². The number of thiazole rings is 1. The minimum Gasteiger partial charge on any atom is -0.256 e. The zero-order chi connectivity index (χ0) is 32.6. The van der Waals surface area contributed by atoms with Crippen molar-refractivity contribution in [2.24, 2.45) is 0 Å². The Morgan fingerprint density at radius 1 is 0.367 bits per heavy atom. The molecule has 0 saturated carbocycles. The monoisotopic (exact) mass is 645 g/mol. The SMILES string of the molecule is c1ccc(-c2nc(-c3ccccc3)nc(-c3ccc(-c4cccc5sc(-c6ccccc6)nc45)c(-c4cccc5cccnc45)c3)n2)cc1. The van der Waals surface area contributed by atoms with Crippen LogP contribution < -0.4 is 0 Å². The number of hydrogen-bond acceptors (Lipinski definition) is 6. The fraction of sp³-hybridized carbons (Fsp3) is 0. The highest BCUT2D eigenvalue weighted by Gasteiger charge is 2.19. The summed E-state index contributed by atoms with van der Waals surface area (Å²) in [5, 5.41) is 2.08. The number of aromatic nitrogens is 5. The molecule has 0 radical (unpaired) electrons. The summed E-state index contributed by atoms with van der Waals surface area (Å²) < 4.78 is 1.14. The molecule has 5 nitrogen and oxygen atoms in total. The molecule has 9 rings (SSSR count). The summed E-state index contributed by atoms with van der Waals surface area (Å²) in [6.45, 7) is 0. The van der Waals surface area contributed by atoms with Gasteiger partial charge in [0.2, 0.25) is 0 Å². The third-order valence-corrected chi connectivity index (χ3v) is 9.70. The van der Waals surface area contributed by atoms with Crippen LogP contribution in [-0.2, 0) is 0 Å². The molecule has 0 atom stereocenters. The third-order valence-electron chi connectivity index (χ3n) is 8.63. The molecule has 0 bridgehead atoms. The highest BCUT2D eigenvalue weighted by atomic mass is 32.1. The predicted octanol–water partition coefficient (Wildman–Crippen LogP) is 11.0. The van der Waals surface area contributed by atoms with Gasteiger partial charge in [-0.2, -0.15) is 0 Å². The largest absolute Gasteiger partial charge is 0.256 e. The third kappa shape index (κ3) is 5.44. The van der Waals surface area contributed by atoms with E-state index in [0.717, 1.165) is 70.6 Å². The molecule has 0 aliphatic heterocycles. The summed E-state index contributed by atoms with van der Waals surface area (Å²) in [5.41, 5.74) is 9.98. The Kier molecular flexibility index (Phi) is 7.26. The maximum absolute atomic E-state index is 5.20. The molecule has 49 heavy (non-hydrogen) atoms. The average Bonchev–Trinajstić information content (AvgIpc) is 3.63. The number of benzene rings is 6. The van der Waals surface area contributed by atoms with Gasteiger partial charge in [0.1, 0.15) is 5.01 Å². The summed E-state index contributed by atoms with van der Waals surface area (Å²) in [6, 6.07) is 53.8. The minimum atomic E-state index is 0.604. The van der Waals surface area contributed by atoms with Crippen LogP contribution in [0.5, 0.6) is 0 Å². The molecule has 3 aromatic heterocycles. The van der Waals surface area contributed by atoms with Crippen LogP contribution in [0.25, 0.3) is 88.1 Å². The second kappa shape index (κ2) is 12.3. The van der Waals surface area contributed by atoms with Crippen molar-refractivity contribution in [1.29, 1.82) is 0 Å². The van der Waals surface area contributed by atoms with Crippen molar-refractivity contribution in [3.63, 3.8) is 0 Å². The Morgan fingerprint density at radius 3 is 1.61 bits per heavy atom. The van der Waals surface area contributed by atoms with Gasteiger partial charge in [-0.3, -0.25) is 4.98 Å². The normalized spacial score (nSPS) is 11.3. The molecular formula is C43H27N5S. The summed E-state index contributed by atoms with van der Waals surface area (Å²) in [6.07, 6.45) is 1.85. The van der Waals surface area contributed by atoms with Gasteiger partial charge in [-0.25, -0.2) is 19.9 Å². The van der Waals surface area contributed by atoms with Gasteiger partial charge in [0.05, 0.1) is 15.7 Å². The first kappa shape index (κ1) is 28.8. The molecule has 6 heteroatoms. The number of rotatable bonds is 6. The predicted molar refractivity (Wildman–Crippen MR) is 201 cm³/mol. The maximum atomic E-state index is 5.20. The van der Waals surface area contributed by atoms with Crippen LogP contribution in [0.15, 0.2) is 164 Å². The van der Waals surface area contributed by atoms with Crippen molar-refractivity contribution in [3.05, 3.63) is 164 Å². The lowest BCUT2D eigenvalue weighted by molar-refractivity contribution is 1.07. The lowest BCUT2D eigenvalue weighted by Gasteiger charge is -2.15. The van der Waals surface area contributed by atoms with Crippen LogP contribution in [0, 0.1) is 0 Å². The Morgan fingerprint density at radius 2 is 0.939 bits per heavy atom. The van der Waals surface area contributed by atoms with Crippen LogP contribution in [0.4, 0.5) is 0 Å². The quantitative estimate of drug-likeness (QED) is 0.180. The van der Waals surface area contributed by atoms with Gasteiger partial charge in [0, 0.05) is 45.0 Å². The number of pyridine rings is 1. The van der Waals surface area contributed by atoms with E-state index in [1.54, 1.807) is 11.3 Å². The fourth-order valence-corrected chi connectivity index (χ4v) is 7.27. The lowest BCUT2D eigenvalue weighted by Crippen LogP contribution is -2.00.